The number of halogens is 1. The number of guanidine groups is 1. The Morgan fingerprint density at radius 1 is 1.23 bits per heavy atom. The molecule has 0 bridgehead atoms. The molecule has 2 heterocycles. The van der Waals surface area contributed by atoms with E-state index >= 15 is 0 Å². The lowest BCUT2D eigenvalue weighted by atomic mass is 10.1. The molecular formula is C23H39IN4O3. The monoisotopic (exact) mass is 546 g/mol. The van der Waals surface area contributed by atoms with Crippen LogP contribution in [0.15, 0.2) is 21.7 Å². The van der Waals surface area contributed by atoms with Crippen molar-refractivity contribution < 1.29 is 13.9 Å². The number of nitrogens with one attached hydrogen (secondary N) is 2. The van der Waals surface area contributed by atoms with E-state index in [1.54, 1.807) is 12.3 Å². The molecule has 1 aliphatic heterocycles. The lowest BCUT2D eigenvalue weighted by Gasteiger charge is -2.34. The predicted octanol–water partition coefficient (Wildman–Crippen LogP) is 3.96. The summed E-state index contributed by atoms with van der Waals surface area (Å²) in [6, 6.07) is 1.80. The third-order valence-corrected chi connectivity index (χ3v) is 6.07. The van der Waals surface area contributed by atoms with E-state index in [4.69, 9.17) is 14.1 Å². The maximum Gasteiger partial charge on any atom is 0.287 e. The molecule has 0 aromatic carbocycles. The van der Waals surface area contributed by atoms with E-state index in [1.807, 2.05) is 6.92 Å². The van der Waals surface area contributed by atoms with Crippen LogP contribution in [0, 0.1) is 12.8 Å². The summed E-state index contributed by atoms with van der Waals surface area (Å²) >= 11 is 0. The third kappa shape index (κ3) is 8.29. The molecule has 2 aliphatic rings. The molecule has 2 fully saturated rings. The molecule has 1 aromatic rings. The summed E-state index contributed by atoms with van der Waals surface area (Å²) in [5.41, 5.74) is 0.857. The first-order valence-corrected chi connectivity index (χ1v) is 11.6. The van der Waals surface area contributed by atoms with Gasteiger partial charge in [-0.15, -0.1) is 24.0 Å². The smallest absolute Gasteiger partial charge is 0.287 e. The quantitative estimate of drug-likeness (QED) is 0.212. The number of hydrogen-bond donors (Lipinski definition) is 2. The zero-order valence-electron chi connectivity index (χ0n) is 19.0. The highest BCUT2D eigenvalue weighted by atomic mass is 127. The molecule has 1 saturated heterocycles. The van der Waals surface area contributed by atoms with Crippen molar-refractivity contribution in [2.45, 2.75) is 64.9 Å². The fourth-order valence-electron chi connectivity index (χ4n) is 4.26. The average molecular weight is 546 g/mol. The Hall–Kier alpha value is -1.29. The van der Waals surface area contributed by atoms with Crippen molar-refractivity contribution in [3.05, 3.63) is 23.7 Å². The van der Waals surface area contributed by atoms with E-state index < -0.39 is 0 Å². The molecule has 0 radical (unpaired) electrons. The molecule has 1 aromatic heterocycles. The van der Waals surface area contributed by atoms with Gasteiger partial charge in [0.05, 0.1) is 12.4 Å². The first-order valence-electron chi connectivity index (χ1n) is 11.6. The maximum absolute atomic E-state index is 12.1. The molecule has 0 spiro atoms. The fourth-order valence-corrected chi connectivity index (χ4v) is 4.26. The second kappa shape index (κ2) is 14.0. The average Bonchev–Trinajstić information content (AvgIpc) is 3.43. The van der Waals surface area contributed by atoms with Gasteiger partial charge in [0.2, 0.25) is 0 Å². The molecule has 1 saturated carbocycles. The van der Waals surface area contributed by atoms with Gasteiger partial charge in [-0.3, -0.25) is 9.79 Å². The van der Waals surface area contributed by atoms with Crippen LogP contribution in [0.1, 0.15) is 68.0 Å². The standard InChI is InChI=1S/C23H38N4O3.HI/c1-3-24-23(26-13-6-12-25-22(28)21-18(2)11-16-29-21)27-14-9-20(10-15-27)30-17-19-7-4-5-8-19;/h11,16,19-20H,3-10,12-15,17H2,1-2H3,(H,24,26)(H,25,28);1H. The van der Waals surface area contributed by atoms with Crippen LogP contribution in [0.25, 0.3) is 0 Å². The number of piperidine rings is 1. The predicted molar refractivity (Wildman–Crippen MR) is 134 cm³/mol. The van der Waals surface area contributed by atoms with Crippen molar-refractivity contribution in [1.29, 1.82) is 0 Å². The number of rotatable bonds is 9. The highest BCUT2D eigenvalue weighted by Crippen LogP contribution is 2.26. The molecule has 8 heteroatoms. The van der Waals surface area contributed by atoms with Crippen LogP contribution in [0.3, 0.4) is 0 Å². The summed E-state index contributed by atoms with van der Waals surface area (Å²) in [7, 11) is 0. The number of ether oxygens (including phenoxy) is 1. The number of amides is 1. The molecule has 0 atom stereocenters. The normalized spacial score (nSPS) is 18.1. The van der Waals surface area contributed by atoms with Gasteiger partial charge < -0.3 is 24.7 Å². The van der Waals surface area contributed by atoms with Gasteiger partial charge in [0, 0.05) is 44.9 Å². The number of aliphatic imine (C=N–C) groups is 1. The molecule has 7 nitrogen and oxygen atoms in total. The fraction of sp³-hybridized carbons (Fsp3) is 0.739. The molecule has 1 aliphatic carbocycles. The summed E-state index contributed by atoms with van der Waals surface area (Å²) in [5.74, 6) is 2.00. The van der Waals surface area contributed by atoms with Crippen LogP contribution in [-0.2, 0) is 4.74 Å². The maximum atomic E-state index is 12.1. The van der Waals surface area contributed by atoms with Gasteiger partial charge in [0.1, 0.15) is 0 Å². The Bertz CT molecular complexity index is 680. The van der Waals surface area contributed by atoms with Crippen LogP contribution < -0.4 is 10.6 Å². The Balaban J connectivity index is 0.00000341. The van der Waals surface area contributed by atoms with Crippen LogP contribution in [0.2, 0.25) is 0 Å². The van der Waals surface area contributed by atoms with E-state index in [1.165, 1.54) is 25.7 Å². The molecular weight excluding hydrogens is 507 g/mol. The van der Waals surface area contributed by atoms with Gasteiger partial charge in [-0.2, -0.15) is 0 Å². The molecule has 31 heavy (non-hydrogen) atoms. The van der Waals surface area contributed by atoms with Gasteiger partial charge in [0.15, 0.2) is 11.7 Å². The SMILES string of the molecule is CCNC(=NCCCNC(=O)c1occc1C)N1CCC(OCC2CCCC2)CC1.I. The lowest BCUT2D eigenvalue weighted by Crippen LogP contribution is -2.47. The van der Waals surface area contributed by atoms with Crippen molar-refractivity contribution in [2.75, 3.05) is 39.3 Å². The number of hydrogen-bond acceptors (Lipinski definition) is 4. The van der Waals surface area contributed by atoms with E-state index in [0.717, 1.165) is 62.9 Å². The van der Waals surface area contributed by atoms with E-state index in [-0.39, 0.29) is 29.9 Å². The largest absolute Gasteiger partial charge is 0.459 e. The summed E-state index contributed by atoms with van der Waals surface area (Å²) in [6.45, 7) is 8.99. The van der Waals surface area contributed by atoms with Crippen LogP contribution >= 0.6 is 24.0 Å². The number of furan rings is 1. The van der Waals surface area contributed by atoms with E-state index in [0.29, 0.717) is 25.0 Å². The summed E-state index contributed by atoms with van der Waals surface area (Å²) in [4.78, 5) is 19.2. The zero-order chi connectivity index (χ0) is 21.2. The Morgan fingerprint density at radius 3 is 2.61 bits per heavy atom. The van der Waals surface area contributed by atoms with Gasteiger partial charge in [-0.05, 0) is 57.9 Å². The zero-order valence-corrected chi connectivity index (χ0v) is 21.4. The van der Waals surface area contributed by atoms with Gasteiger partial charge >= 0.3 is 0 Å². The summed E-state index contributed by atoms with van der Waals surface area (Å²) in [5, 5.41) is 6.31. The first kappa shape index (κ1) is 26.0. The Labute approximate surface area is 203 Å². The van der Waals surface area contributed by atoms with Gasteiger partial charge in [0.25, 0.3) is 5.91 Å². The van der Waals surface area contributed by atoms with E-state index in [2.05, 4.69) is 22.5 Å². The molecule has 0 unspecified atom stereocenters. The minimum atomic E-state index is -0.159. The Morgan fingerprint density at radius 2 is 1.97 bits per heavy atom. The van der Waals surface area contributed by atoms with E-state index in [9.17, 15) is 4.79 Å². The highest BCUT2D eigenvalue weighted by molar-refractivity contribution is 14.0. The Kier molecular flexibility index (Phi) is 11.7. The van der Waals surface area contributed by atoms with Crippen molar-refractivity contribution in [3.63, 3.8) is 0 Å². The van der Waals surface area contributed by atoms with Crippen molar-refractivity contribution in [1.82, 2.24) is 15.5 Å². The number of nitrogens with zero attached hydrogens (tertiary/aromatic N) is 2. The molecule has 2 N–H and O–H groups in total. The van der Waals surface area contributed by atoms with Gasteiger partial charge in [-0.25, -0.2) is 0 Å². The minimum Gasteiger partial charge on any atom is -0.459 e. The number of carbonyl (C=O) groups excluding carboxylic acids is 1. The second-order valence-electron chi connectivity index (χ2n) is 8.45. The van der Waals surface area contributed by atoms with Crippen LogP contribution in [-0.4, -0.2) is 62.2 Å². The summed E-state index contributed by atoms with van der Waals surface area (Å²) < 4.78 is 11.4. The number of aryl methyl sites for hydroxylation is 1. The molecule has 3 rings (SSSR count). The van der Waals surface area contributed by atoms with Crippen molar-refractivity contribution in [3.8, 4) is 0 Å². The topological polar surface area (TPSA) is 79.1 Å². The number of carbonyl (C=O) groups is 1. The van der Waals surface area contributed by atoms with Crippen molar-refractivity contribution in [2.24, 2.45) is 10.9 Å². The highest BCUT2D eigenvalue weighted by Gasteiger charge is 2.23. The molecule has 176 valence electrons. The first-order chi connectivity index (χ1) is 14.7. The van der Waals surface area contributed by atoms with Gasteiger partial charge in [-0.1, -0.05) is 12.8 Å². The third-order valence-electron chi connectivity index (χ3n) is 6.07. The van der Waals surface area contributed by atoms with Crippen LogP contribution in [0.5, 0.6) is 0 Å². The summed E-state index contributed by atoms with van der Waals surface area (Å²) in [6.07, 6.45) is 10.3. The second-order valence-corrected chi connectivity index (χ2v) is 8.45. The van der Waals surface area contributed by atoms with Crippen LogP contribution in [0.4, 0.5) is 0 Å². The molecule has 1 amide bonds. The minimum absolute atomic E-state index is 0. The number of likely N-dealkylation sites (tertiary alicyclic amines) is 1. The van der Waals surface area contributed by atoms with Crippen molar-refractivity contribution >= 4 is 35.8 Å². The lowest BCUT2D eigenvalue weighted by molar-refractivity contribution is 0.00102.